The molecule has 6 heteroatoms. The van der Waals surface area contributed by atoms with Gasteiger partial charge >= 0.3 is 0 Å². The summed E-state index contributed by atoms with van der Waals surface area (Å²) in [6, 6.07) is 10.5. The quantitative estimate of drug-likeness (QED) is 0.388. The molecule has 0 aliphatic rings. The summed E-state index contributed by atoms with van der Waals surface area (Å²) in [6.07, 6.45) is 0. The summed E-state index contributed by atoms with van der Waals surface area (Å²) in [7, 11) is 5.63. The van der Waals surface area contributed by atoms with E-state index in [9.17, 15) is 0 Å². The van der Waals surface area contributed by atoms with Crippen molar-refractivity contribution < 1.29 is 4.74 Å². The lowest BCUT2D eigenvalue weighted by molar-refractivity contribution is 0.162. The van der Waals surface area contributed by atoms with E-state index >= 15 is 0 Å². The second-order valence-corrected chi connectivity index (χ2v) is 6.93. The van der Waals surface area contributed by atoms with Gasteiger partial charge in [0, 0.05) is 50.5 Å². The molecule has 1 atom stereocenters. The molecule has 0 bridgehead atoms. The average molecular weight is 339 g/mol. The third-order valence-corrected chi connectivity index (χ3v) is 4.44. The van der Waals surface area contributed by atoms with Crippen LogP contribution in [0, 0.1) is 0 Å². The van der Waals surface area contributed by atoms with Crippen molar-refractivity contribution in [1.82, 2.24) is 15.5 Å². The SMILES string of the molecule is CN=C(NCCN(C)CCOC)NCC(C)Sc1ccccc1. The largest absolute Gasteiger partial charge is 0.383 e. The maximum atomic E-state index is 5.07. The predicted molar refractivity (Wildman–Crippen MR) is 100 cm³/mol. The van der Waals surface area contributed by atoms with Crippen molar-refractivity contribution in [3.63, 3.8) is 0 Å². The first-order valence-electron chi connectivity index (χ1n) is 7.99. The van der Waals surface area contributed by atoms with E-state index in [1.54, 1.807) is 14.2 Å². The number of ether oxygens (including phenoxy) is 1. The van der Waals surface area contributed by atoms with Crippen LogP contribution in [0.25, 0.3) is 0 Å². The van der Waals surface area contributed by atoms with E-state index in [2.05, 4.69) is 58.8 Å². The monoisotopic (exact) mass is 338 g/mol. The summed E-state index contributed by atoms with van der Waals surface area (Å²) < 4.78 is 5.07. The molecule has 2 N–H and O–H groups in total. The van der Waals surface area contributed by atoms with Gasteiger partial charge in [0.1, 0.15) is 0 Å². The van der Waals surface area contributed by atoms with Gasteiger partial charge in [0.15, 0.2) is 5.96 Å². The lowest BCUT2D eigenvalue weighted by Crippen LogP contribution is -2.43. The Morgan fingerprint density at radius 2 is 2.00 bits per heavy atom. The van der Waals surface area contributed by atoms with Crippen LogP contribution in [-0.4, -0.2) is 70.1 Å². The highest BCUT2D eigenvalue weighted by atomic mass is 32.2. The molecule has 130 valence electrons. The highest BCUT2D eigenvalue weighted by Crippen LogP contribution is 2.21. The van der Waals surface area contributed by atoms with E-state index in [0.717, 1.165) is 38.7 Å². The average Bonchev–Trinajstić information content (AvgIpc) is 2.57. The summed E-state index contributed by atoms with van der Waals surface area (Å²) in [5, 5.41) is 7.20. The second kappa shape index (κ2) is 12.2. The fourth-order valence-corrected chi connectivity index (χ4v) is 2.90. The number of benzene rings is 1. The van der Waals surface area contributed by atoms with E-state index in [1.165, 1.54) is 4.90 Å². The molecule has 0 aliphatic carbocycles. The fraction of sp³-hybridized carbons (Fsp3) is 0.588. The lowest BCUT2D eigenvalue weighted by Gasteiger charge is -2.19. The molecule has 23 heavy (non-hydrogen) atoms. The molecule has 0 spiro atoms. The Balaban J connectivity index is 2.20. The summed E-state index contributed by atoms with van der Waals surface area (Å²) >= 11 is 1.87. The zero-order valence-corrected chi connectivity index (χ0v) is 15.5. The second-order valence-electron chi connectivity index (χ2n) is 5.42. The van der Waals surface area contributed by atoms with Gasteiger partial charge in [-0.05, 0) is 19.2 Å². The van der Waals surface area contributed by atoms with Gasteiger partial charge in [0.2, 0.25) is 0 Å². The van der Waals surface area contributed by atoms with Crippen molar-refractivity contribution in [2.75, 3.05) is 54.0 Å². The van der Waals surface area contributed by atoms with Gasteiger partial charge in [0.05, 0.1) is 6.61 Å². The third kappa shape index (κ3) is 9.48. The van der Waals surface area contributed by atoms with Crippen molar-refractivity contribution in [1.29, 1.82) is 0 Å². The molecule has 1 rings (SSSR count). The van der Waals surface area contributed by atoms with E-state index < -0.39 is 0 Å². The lowest BCUT2D eigenvalue weighted by atomic mass is 10.4. The van der Waals surface area contributed by atoms with Gasteiger partial charge in [-0.2, -0.15) is 0 Å². The Kier molecular flexibility index (Phi) is 10.5. The van der Waals surface area contributed by atoms with Crippen LogP contribution in [0.4, 0.5) is 0 Å². The van der Waals surface area contributed by atoms with Gasteiger partial charge in [0.25, 0.3) is 0 Å². The molecular weight excluding hydrogens is 308 g/mol. The maximum Gasteiger partial charge on any atom is 0.191 e. The minimum Gasteiger partial charge on any atom is -0.383 e. The van der Waals surface area contributed by atoms with E-state index in [4.69, 9.17) is 4.74 Å². The van der Waals surface area contributed by atoms with Crippen LogP contribution in [0.15, 0.2) is 40.2 Å². The van der Waals surface area contributed by atoms with E-state index in [0.29, 0.717) is 5.25 Å². The number of nitrogens with one attached hydrogen (secondary N) is 2. The van der Waals surface area contributed by atoms with Crippen molar-refractivity contribution in [3.05, 3.63) is 30.3 Å². The number of methoxy groups -OCH3 is 1. The Morgan fingerprint density at radius 3 is 2.65 bits per heavy atom. The maximum absolute atomic E-state index is 5.07. The van der Waals surface area contributed by atoms with Crippen molar-refractivity contribution in [3.8, 4) is 0 Å². The number of hydrogen-bond donors (Lipinski definition) is 2. The van der Waals surface area contributed by atoms with Crippen LogP contribution in [-0.2, 0) is 4.74 Å². The molecule has 1 aromatic carbocycles. The number of rotatable bonds is 10. The van der Waals surface area contributed by atoms with Crippen LogP contribution in [0.1, 0.15) is 6.92 Å². The molecule has 0 saturated heterocycles. The molecule has 0 saturated carbocycles. The van der Waals surface area contributed by atoms with Crippen LogP contribution >= 0.6 is 11.8 Å². The minimum atomic E-state index is 0.473. The predicted octanol–water partition coefficient (Wildman–Crippen LogP) is 1.91. The first kappa shape index (κ1) is 19.8. The molecule has 0 radical (unpaired) electrons. The van der Waals surface area contributed by atoms with Gasteiger partial charge in [-0.3, -0.25) is 4.99 Å². The zero-order valence-electron chi connectivity index (χ0n) is 14.7. The van der Waals surface area contributed by atoms with Crippen LogP contribution in [0.2, 0.25) is 0 Å². The smallest absolute Gasteiger partial charge is 0.191 e. The summed E-state index contributed by atoms with van der Waals surface area (Å²) in [6.45, 7) is 6.61. The first-order chi connectivity index (χ1) is 11.2. The van der Waals surface area contributed by atoms with Crippen molar-refractivity contribution >= 4 is 17.7 Å². The Bertz CT molecular complexity index is 441. The number of guanidine groups is 1. The number of hydrogen-bond acceptors (Lipinski definition) is 4. The van der Waals surface area contributed by atoms with Crippen LogP contribution in [0.5, 0.6) is 0 Å². The van der Waals surface area contributed by atoms with Gasteiger partial charge in [-0.1, -0.05) is 25.1 Å². The number of nitrogens with zero attached hydrogens (tertiary/aromatic N) is 2. The number of likely N-dealkylation sites (N-methyl/N-ethyl adjacent to an activating group) is 1. The highest BCUT2D eigenvalue weighted by Gasteiger charge is 2.06. The topological polar surface area (TPSA) is 48.9 Å². The summed E-state index contributed by atoms with van der Waals surface area (Å²) in [5.41, 5.74) is 0. The molecule has 0 aliphatic heterocycles. The molecular formula is C17H30N4OS. The highest BCUT2D eigenvalue weighted by molar-refractivity contribution is 8.00. The van der Waals surface area contributed by atoms with Gasteiger partial charge in [-0.15, -0.1) is 11.8 Å². The molecule has 0 amide bonds. The zero-order chi connectivity index (χ0) is 16.9. The van der Waals surface area contributed by atoms with E-state index in [-0.39, 0.29) is 0 Å². The molecule has 0 aromatic heterocycles. The minimum absolute atomic E-state index is 0.473. The molecule has 5 nitrogen and oxygen atoms in total. The normalized spacial score (nSPS) is 13.2. The van der Waals surface area contributed by atoms with Crippen molar-refractivity contribution in [2.24, 2.45) is 4.99 Å². The molecule has 1 unspecified atom stereocenters. The number of thioether (sulfide) groups is 1. The molecule has 0 fully saturated rings. The molecule has 0 heterocycles. The van der Waals surface area contributed by atoms with E-state index in [1.807, 2.05) is 17.8 Å². The summed E-state index contributed by atoms with van der Waals surface area (Å²) in [4.78, 5) is 7.80. The molecule has 1 aromatic rings. The van der Waals surface area contributed by atoms with Gasteiger partial charge in [-0.25, -0.2) is 0 Å². The summed E-state index contributed by atoms with van der Waals surface area (Å²) in [5.74, 6) is 0.852. The standard InChI is InChI=1S/C17H30N4OS/c1-15(23-16-8-6-5-7-9-16)14-20-17(18-2)19-10-11-21(3)12-13-22-4/h5-9,15H,10-14H2,1-4H3,(H2,18,19,20). The van der Waals surface area contributed by atoms with Crippen molar-refractivity contribution in [2.45, 2.75) is 17.1 Å². The third-order valence-electron chi connectivity index (χ3n) is 3.32. The Hall–Kier alpha value is -1.24. The number of aliphatic imine (C=N–C) groups is 1. The fourth-order valence-electron chi connectivity index (χ4n) is 1.96. The first-order valence-corrected chi connectivity index (χ1v) is 8.87. The Morgan fingerprint density at radius 1 is 1.26 bits per heavy atom. The van der Waals surface area contributed by atoms with Crippen LogP contribution < -0.4 is 10.6 Å². The Labute approximate surface area is 144 Å². The van der Waals surface area contributed by atoms with Crippen LogP contribution in [0.3, 0.4) is 0 Å². The van der Waals surface area contributed by atoms with Gasteiger partial charge < -0.3 is 20.3 Å².